The van der Waals surface area contributed by atoms with Gasteiger partial charge in [-0.3, -0.25) is 9.69 Å². The Morgan fingerprint density at radius 3 is 2.36 bits per heavy atom. The van der Waals surface area contributed by atoms with Crippen molar-refractivity contribution in [2.24, 2.45) is 0 Å². The van der Waals surface area contributed by atoms with Gasteiger partial charge in [0.05, 0.1) is 5.69 Å². The Hall–Kier alpha value is -3.20. The highest BCUT2D eigenvalue weighted by atomic mass is 16.6. The number of nitro groups is 1. The Balaban J connectivity index is 1.15. The van der Waals surface area contributed by atoms with Gasteiger partial charge >= 0.3 is 5.82 Å². The van der Waals surface area contributed by atoms with Gasteiger partial charge in [0.15, 0.2) is 6.20 Å². The van der Waals surface area contributed by atoms with Crippen LogP contribution in [0.5, 0.6) is 0 Å². The van der Waals surface area contributed by atoms with E-state index in [1.165, 1.54) is 23.5 Å². The molecule has 9 nitrogen and oxygen atoms in total. The molecule has 3 heterocycles. The summed E-state index contributed by atoms with van der Waals surface area (Å²) in [5.74, 6) is 0.0731. The molecule has 9 heteroatoms. The zero-order valence-electron chi connectivity index (χ0n) is 19.2. The van der Waals surface area contributed by atoms with Crippen molar-refractivity contribution >= 4 is 23.1 Å². The predicted molar refractivity (Wildman–Crippen MR) is 129 cm³/mol. The first-order valence-electron chi connectivity index (χ1n) is 11.7. The van der Waals surface area contributed by atoms with E-state index < -0.39 is 4.92 Å². The lowest BCUT2D eigenvalue weighted by Gasteiger charge is -2.37. The van der Waals surface area contributed by atoms with Crippen LogP contribution < -0.4 is 10.2 Å². The number of hydrogen-bond acceptors (Lipinski definition) is 7. The maximum atomic E-state index is 12.7. The number of pyridine rings is 1. The third-order valence-corrected chi connectivity index (χ3v) is 6.57. The first kappa shape index (κ1) is 23.0. The van der Waals surface area contributed by atoms with Gasteiger partial charge in [-0.2, -0.15) is 0 Å². The molecule has 0 aliphatic carbocycles. The Kier molecular flexibility index (Phi) is 7.39. The molecule has 1 aromatic heterocycles. The summed E-state index contributed by atoms with van der Waals surface area (Å²) in [6, 6.07) is 12.0. The minimum absolute atomic E-state index is 0.155. The number of nitrogens with one attached hydrogen (secondary N) is 1. The summed E-state index contributed by atoms with van der Waals surface area (Å²) in [6.07, 6.45) is 3.78. The van der Waals surface area contributed by atoms with E-state index in [2.05, 4.69) is 51.3 Å². The van der Waals surface area contributed by atoms with E-state index in [1.807, 2.05) is 4.90 Å². The quantitative estimate of drug-likeness (QED) is 0.510. The normalized spacial score (nSPS) is 17.7. The number of amides is 1. The van der Waals surface area contributed by atoms with Gasteiger partial charge < -0.3 is 25.2 Å². The maximum Gasteiger partial charge on any atom is 0.363 e. The summed E-state index contributed by atoms with van der Waals surface area (Å²) >= 11 is 0. The first-order chi connectivity index (χ1) is 16.0. The summed E-state index contributed by atoms with van der Waals surface area (Å²) in [6.45, 7) is 8.34. The number of piperidine rings is 1. The molecular formula is C24H32N6O3. The van der Waals surface area contributed by atoms with E-state index in [9.17, 15) is 14.9 Å². The van der Waals surface area contributed by atoms with E-state index in [0.29, 0.717) is 6.42 Å². The molecule has 0 atom stereocenters. The largest absolute Gasteiger partial charge is 0.379 e. The first-order valence-corrected chi connectivity index (χ1v) is 11.7. The smallest absolute Gasteiger partial charge is 0.363 e. The van der Waals surface area contributed by atoms with E-state index in [1.54, 1.807) is 6.07 Å². The van der Waals surface area contributed by atoms with Crippen LogP contribution in [0, 0.1) is 17.0 Å². The number of aromatic nitrogens is 1. The lowest BCUT2D eigenvalue weighted by molar-refractivity contribution is -0.389. The Morgan fingerprint density at radius 2 is 1.76 bits per heavy atom. The third-order valence-electron chi connectivity index (χ3n) is 6.57. The van der Waals surface area contributed by atoms with Crippen LogP contribution in [0.15, 0.2) is 42.6 Å². The SMILES string of the molecule is Cc1ccc(N2CCN(CCC(=O)N3CCC(Nc4ccc([N+](=O)[O-])nc4)CC3)CC2)cc1. The van der Waals surface area contributed by atoms with Gasteiger partial charge in [-0.05, 0) is 47.9 Å². The van der Waals surface area contributed by atoms with Crippen LogP contribution in [0.2, 0.25) is 0 Å². The number of carbonyl (C=O) groups excluding carboxylic acids is 1. The van der Waals surface area contributed by atoms with Gasteiger partial charge in [-0.1, -0.05) is 17.7 Å². The second-order valence-corrected chi connectivity index (χ2v) is 8.88. The number of likely N-dealkylation sites (tertiary alicyclic amines) is 1. The number of anilines is 2. The van der Waals surface area contributed by atoms with Gasteiger partial charge in [0.1, 0.15) is 0 Å². The lowest BCUT2D eigenvalue weighted by atomic mass is 10.0. The fourth-order valence-electron chi connectivity index (χ4n) is 4.49. The van der Waals surface area contributed by atoms with Gasteiger partial charge in [-0.15, -0.1) is 0 Å². The van der Waals surface area contributed by atoms with Crippen molar-refractivity contribution < 1.29 is 9.72 Å². The van der Waals surface area contributed by atoms with Crippen LogP contribution in [0.1, 0.15) is 24.8 Å². The van der Waals surface area contributed by atoms with Gasteiger partial charge in [0.2, 0.25) is 5.91 Å². The van der Waals surface area contributed by atoms with Crippen LogP contribution in [0.4, 0.5) is 17.2 Å². The molecule has 2 saturated heterocycles. The molecule has 0 bridgehead atoms. The Bertz CT molecular complexity index is 934. The number of piperazine rings is 1. The fourth-order valence-corrected chi connectivity index (χ4v) is 4.49. The van der Waals surface area contributed by atoms with E-state index in [-0.39, 0.29) is 17.8 Å². The minimum atomic E-state index is -0.502. The summed E-state index contributed by atoms with van der Waals surface area (Å²) in [4.78, 5) is 33.6. The maximum absolute atomic E-state index is 12.7. The molecule has 0 saturated carbocycles. The minimum Gasteiger partial charge on any atom is -0.379 e. The molecule has 1 N–H and O–H groups in total. The number of carbonyl (C=O) groups is 1. The van der Waals surface area contributed by atoms with Crippen LogP contribution in [-0.4, -0.2) is 77.5 Å². The highest BCUT2D eigenvalue weighted by molar-refractivity contribution is 5.76. The van der Waals surface area contributed by atoms with Gasteiger partial charge in [-0.25, -0.2) is 0 Å². The molecule has 2 aromatic rings. The van der Waals surface area contributed by atoms with Crippen LogP contribution in [0.25, 0.3) is 0 Å². The van der Waals surface area contributed by atoms with Crippen LogP contribution >= 0.6 is 0 Å². The number of aryl methyl sites for hydroxylation is 1. The van der Waals surface area contributed by atoms with Crippen LogP contribution in [-0.2, 0) is 4.79 Å². The molecule has 2 fully saturated rings. The second-order valence-electron chi connectivity index (χ2n) is 8.88. The zero-order chi connectivity index (χ0) is 23.2. The lowest BCUT2D eigenvalue weighted by Crippen LogP contribution is -2.48. The molecule has 33 heavy (non-hydrogen) atoms. The van der Waals surface area contributed by atoms with Crippen molar-refractivity contribution in [2.75, 3.05) is 56.0 Å². The number of rotatable bonds is 7. The highest BCUT2D eigenvalue weighted by Crippen LogP contribution is 2.19. The number of benzene rings is 1. The van der Waals surface area contributed by atoms with Crippen molar-refractivity contribution in [3.05, 3.63) is 58.3 Å². The van der Waals surface area contributed by atoms with E-state index in [0.717, 1.165) is 64.3 Å². The topological polar surface area (TPSA) is 94.8 Å². The van der Waals surface area contributed by atoms with E-state index in [4.69, 9.17) is 0 Å². The van der Waals surface area contributed by atoms with Crippen LogP contribution in [0.3, 0.4) is 0 Å². The summed E-state index contributed by atoms with van der Waals surface area (Å²) in [5.41, 5.74) is 3.33. The zero-order valence-corrected chi connectivity index (χ0v) is 19.2. The van der Waals surface area contributed by atoms with E-state index >= 15 is 0 Å². The molecule has 0 spiro atoms. The van der Waals surface area contributed by atoms with Crippen molar-refractivity contribution in [3.8, 4) is 0 Å². The fraction of sp³-hybridized carbons (Fsp3) is 0.500. The summed E-state index contributed by atoms with van der Waals surface area (Å²) in [7, 11) is 0. The van der Waals surface area contributed by atoms with Gasteiger partial charge in [0.25, 0.3) is 0 Å². The number of hydrogen-bond donors (Lipinski definition) is 1. The average molecular weight is 453 g/mol. The molecule has 176 valence electrons. The predicted octanol–water partition coefficient (Wildman–Crippen LogP) is 2.91. The van der Waals surface area contributed by atoms with Gasteiger partial charge in [0, 0.05) is 70.0 Å². The molecular weight excluding hydrogens is 420 g/mol. The molecule has 0 radical (unpaired) electrons. The second kappa shape index (κ2) is 10.6. The third kappa shape index (κ3) is 6.19. The molecule has 1 amide bonds. The Morgan fingerprint density at radius 1 is 1.06 bits per heavy atom. The molecule has 1 aromatic carbocycles. The number of nitrogens with zero attached hydrogens (tertiary/aromatic N) is 5. The van der Waals surface area contributed by atoms with Crippen molar-refractivity contribution in [1.29, 1.82) is 0 Å². The Labute approximate surface area is 194 Å². The molecule has 2 aliphatic rings. The van der Waals surface area contributed by atoms with Crippen molar-refractivity contribution in [1.82, 2.24) is 14.8 Å². The standard InChI is InChI=1S/C24H32N6O3/c1-19-2-5-22(6-3-19)28-16-14-27(15-17-28)11-10-24(31)29-12-8-20(9-13-29)26-21-4-7-23(25-18-21)30(32)33/h2-7,18,20,26H,8-17H2,1H3. The van der Waals surface area contributed by atoms with Crippen molar-refractivity contribution in [3.63, 3.8) is 0 Å². The average Bonchev–Trinajstić information content (AvgIpc) is 2.84. The van der Waals surface area contributed by atoms with Crippen molar-refractivity contribution in [2.45, 2.75) is 32.2 Å². The summed E-state index contributed by atoms with van der Waals surface area (Å²) in [5, 5.41) is 14.1. The molecule has 0 unspecified atom stereocenters. The summed E-state index contributed by atoms with van der Waals surface area (Å²) < 4.78 is 0. The molecule has 2 aliphatic heterocycles. The monoisotopic (exact) mass is 452 g/mol. The molecule has 4 rings (SSSR count). The highest BCUT2D eigenvalue weighted by Gasteiger charge is 2.24.